The first kappa shape index (κ1) is 23.0. The lowest BCUT2D eigenvalue weighted by atomic mass is 9.79. The van der Waals surface area contributed by atoms with Crippen LogP contribution in [0.25, 0.3) is 0 Å². The first-order valence-corrected chi connectivity index (χ1v) is 10.0. The van der Waals surface area contributed by atoms with Crippen molar-refractivity contribution in [1.82, 2.24) is 16.0 Å². The van der Waals surface area contributed by atoms with Gasteiger partial charge in [0.2, 0.25) is 5.91 Å². The van der Waals surface area contributed by atoms with Gasteiger partial charge in [-0.2, -0.15) is 0 Å². The van der Waals surface area contributed by atoms with Gasteiger partial charge in [0.1, 0.15) is 6.54 Å². The van der Waals surface area contributed by atoms with Crippen LogP contribution in [-0.2, 0) is 11.2 Å². The third kappa shape index (κ3) is 8.91. The molecule has 0 aliphatic heterocycles. The molecule has 0 heterocycles. The number of hydrogen-bond donors (Lipinski definition) is 4. The molecule has 1 aromatic carbocycles. The number of nitrogens with one attached hydrogen (secondary N) is 3. The van der Waals surface area contributed by atoms with Gasteiger partial charge in [0, 0.05) is 26.2 Å². The third-order valence-electron chi connectivity index (χ3n) is 5.08. The molecule has 0 fully saturated rings. The number of rotatable bonds is 12. The first-order chi connectivity index (χ1) is 13.1. The van der Waals surface area contributed by atoms with Crippen LogP contribution in [0.15, 0.2) is 35.3 Å². The summed E-state index contributed by atoms with van der Waals surface area (Å²) in [7, 11) is 0. The number of aliphatic hydroxyl groups is 1. The number of benzene rings is 1. The van der Waals surface area contributed by atoms with Crippen LogP contribution in [-0.4, -0.2) is 49.8 Å². The Morgan fingerprint density at radius 1 is 1.07 bits per heavy atom. The monoisotopic (exact) mass is 376 g/mol. The second-order valence-electron chi connectivity index (χ2n) is 6.81. The number of guanidine groups is 1. The van der Waals surface area contributed by atoms with Crippen molar-refractivity contribution in [2.45, 2.75) is 46.5 Å². The van der Waals surface area contributed by atoms with E-state index in [0.29, 0.717) is 12.5 Å². The summed E-state index contributed by atoms with van der Waals surface area (Å²) in [6, 6.07) is 10.1. The van der Waals surface area contributed by atoms with Crippen molar-refractivity contribution < 1.29 is 9.90 Å². The molecule has 0 saturated carbocycles. The number of carbonyl (C=O) groups excluding carboxylic acids is 1. The van der Waals surface area contributed by atoms with E-state index in [-0.39, 0.29) is 24.5 Å². The largest absolute Gasteiger partial charge is 0.396 e. The molecule has 1 aromatic rings. The normalized spacial score (nSPS) is 11.9. The molecule has 0 aromatic heterocycles. The number of nitrogens with zero attached hydrogens (tertiary/aromatic N) is 1. The predicted molar refractivity (Wildman–Crippen MR) is 112 cm³/mol. The van der Waals surface area contributed by atoms with Gasteiger partial charge in [0.25, 0.3) is 0 Å². The van der Waals surface area contributed by atoms with E-state index in [0.717, 1.165) is 38.8 Å². The second kappa shape index (κ2) is 13.1. The highest BCUT2D eigenvalue weighted by Crippen LogP contribution is 2.29. The molecule has 0 bridgehead atoms. The van der Waals surface area contributed by atoms with Crippen molar-refractivity contribution in [3.05, 3.63) is 35.9 Å². The SMILES string of the molecule is CCNC(=NCC(=O)NCCc1ccccc1)NCC(CC)(CC)CCO. The van der Waals surface area contributed by atoms with E-state index in [4.69, 9.17) is 0 Å². The zero-order valence-corrected chi connectivity index (χ0v) is 17.1. The summed E-state index contributed by atoms with van der Waals surface area (Å²) in [5, 5.41) is 18.8. The summed E-state index contributed by atoms with van der Waals surface area (Å²) in [5.74, 6) is 0.552. The first-order valence-electron chi connectivity index (χ1n) is 10.0. The van der Waals surface area contributed by atoms with Gasteiger partial charge in [-0.05, 0) is 43.6 Å². The number of aliphatic imine (C=N–C) groups is 1. The number of amides is 1. The lowest BCUT2D eigenvalue weighted by Gasteiger charge is -2.32. The van der Waals surface area contributed by atoms with Crippen LogP contribution in [0, 0.1) is 5.41 Å². The molecule has 0 radical (unpaired) electrons. The zero-order valence-electron chi connectivity index (χ0n) is 17.1. The summed E-state index contributed by atoms with van der Waals surface area (Å²) in [5.41, 5.74) is 1.25. The molecular formula is C21H36N4O2. The molecular weight excluding hydrogens is 340 g/mol. The van der Waals surface area contributed by atoms with Crippen molar-refractivity contribution in [3.8, 4) is 0 Å². The lowest BCUT2D eigenvalue weighted by Crippen LogP contribution is -2.44. The Bertz CT molecular complexity index is 557. The summed E-state index contributed by atoms with van der Waals surface area (Å²) >= 11 is 0. The van der Waals surface area contributed by atoms with Crippen LogP contribution in [0.5, 0.6) is 0 Å². The van der Waals surface area contributed by atoms with Crippen LogP contribution in [0.3, 0.4) is 0 Å². The molecule has 4 N–H and O–H groups in total. The molecule has 0 aliphatic rings. The predicted octanol–water partition coefficient (Wildman–Crippen LogP) is 2.09. The summed E-state index contributed by atoms with van der Waals surface area (Å²) in [6.07, 6.45) is 3.53. The van der Waals surface area contributed by atoms with Crippen molar-refractivity contribution in [2.24, 2.45) is 10.4 Å². The highest BCUT2D eigenvalue weighted by atomic mass is 16.3. The van der Waals surface area contributed by atoms with Crippen molar-refractivity contribution in [3.63, 3.8) is 0 Å². The van der Waals surface area contributed by atoms with Gasteiger partial charge in [-0.15, -0.1) is 0 Å². The van der Waals surface area contributed by atoms with Crippen molar-refractivity contribution >= 4 is 11.9 Å². The van der Waals surface area contributed by atoms with Gasteiger partial charge in [-0.3, -0.25) is 4.79 Å². The lowest BCUT2D eigenvalue weighted by molar-refractivity contribution is -0.119. The zero-order chi connectivity index (χ0) is 20.0. The van der Waals surface area contributed by atoms with Crippen LogP contribution in [0.4, 0.5) is 0 Å². The van der Waals surface area contributed by atoms with Gasteiger partial charge in [0.05, 0.1) is 0 Å². The van der Waals surface area contributed by atoms with Crippen LogP contribution >= 0.6 is 0 Å². The highest BCUT2D eigenvalue weighted by molar-refractivity contribution is 5.84. The number of carbonyl (C=O) groups is 1. The molecule has 0 saturated heterocycles. The molecule has 1 amide bonds. The Balaban J connectivity index is 2.48. The van der Waals surface area contributed by atoms with Crippen molar-refractivity contribution in [1.29, 1.82) is 0 Å². The maximum Gasteiger partial charge on any atom is 0.241 e. The molecule has 6 nitrogen and oxygen atoms in total. The van der Waals surface area contributed by atoms with Crippen LogP contribution in [0.2, 0.25) is 0 Å². The van der Waals surface area contributed by atoms with Crippen LogP contribution < -0.4 is 16.0 Å². The Kier molecular flexibility index (Phi) is 11.2. The Morgan fingerprint density at radius 2 is 1.78 bits per heavy atom. The topological polar surface area (TPSA) is 85.8 Å². The molecule has 0 unspecified atom stereocenters. The van der Waals surface area contributed by atoms with E-state index >= 15 is 0 Å². The minimum absolute atomic E-state index is 0.0445. The van der Waals surface area contributed by atoms with Gasteiger partial charge >= 0.3 is 0 Å². The maximum absolute atomic E-state index is 12.1. The molecule has 0 atom stereocenters. The van der Waals surface area contributed by atoms with Crippen molar-refractivity contribution in [2.75, 3.05) is 32.8 Å². The van der Waals surface area contributed by atoms with Gasteiger partial charge in [-0.25, -0.2) is 4.99 Å². The average molecular weight is 377 g/mol. The Labute approximate surface area is 163 Å². The van der Waals surface area contributed by atoms with Gasteiger partial charge < -0.3 is 21.1 Å². The number of hydrogen-bond acceptors (Lipinski definition) is 3. The van der Waals surface area contributed by atoms with Crippen LogP contribution in [0.1, 0.15) is 45.6 Å². The Morgan fingerprint density at radius 3 is 2.37 bits per heavy atom. The molecule has 0 spiro atoms. The minimum atomic E-state index is -0.0873. The van der Waals surface area contributed by atoms with E-state index < -0.39 is 0 Å². The van der Waals surface area contributed by atoms with E-state index in [2.05, 4.69) is 46.9 Å². The maximum atomic E-state index is 12.1. The molecule has 152 valence electrons. The second-order valence-corrected chi connectivity index (χ2v) is 6.81. The van der Waals surface area contributed by atoms with E-state index in [9.17, 15) is 9.90 Å². The standard InChI is InChI=1S/C21H36N4O2/c1-4-21(5-2,13-15-26)17-25-20(22-6-3)24-16-19(27)23-14-12-18-10-8-7-9-11-18/h7-11,26H,4-6,12-17H2,1-3H3,(H,23,27)(H2,22,24,25). The van der Waals surface area contributed by atoms with E-state index in [1.165, 1.54) is 5.56 Å². The fourth-order valence-corrected chi connectivity index (χ4v) is 2.99. The summed E-state index contributed by atoms with van der Waals surface area (Å²) in [4.78, 5) is 16.4. The quantitative estimate of drug-likeness (QED) is 0.332. The fourth-order valence-electron chi connectivity index (χ4n) is 2.99. The minimum Gasteiger partial charge on any atom is -0.396 e. The van der Waals surface area contributed by atoms with Gasteiger partial charge in [0.15, 0.2) is 5.96 Å². The molecule has 0 aliphatic carbocycles. The Hall–Kier alpha value is -2.08. The molecule has 27 heavy (non-hydrogen) atoms. The summed E-state index contributed by atoms with van der Waals surface area (Å²) in [6.45, 7) is 8.62. The highest BCUT2D eigenvalue weighted by Gasteiger charge is 2.25. The average Bonchev–Trinajstić information content (AvgIpc) is 2.70. The molecule has 6 heteroatoms. The molecule has 1 rings (SSSR count). The summed E-state index contributed by atoms with van der Waals surface area (Å²) < 4.78 is 0. The van der Waals surface area contributed by atoms with E-state index in [1.807, 2.05) is 25.1 Å². The fraction of sp³-hybridized carbons (Fsp3) is 0.619. The van der Waals surface area contributed by atoms with Gasteiger partial charge in [-0.1, -0.05) is 44.2 Å². The smallest absolute Gasteiger partial charge is 0.241 e. The van der Waals surface area contributed by atoms with E-state index in [1.54, 1.807) is 0 Å². The third-order valence-corrected chi connectivity index (χ3v) is 5.08. The number of aliphatic hydroxyl groups excluding tert-OH is 1.